The SMILES string of the molecule is CCNC(=O)c1cncc(COc2ccc(C(C)(C)c3ccc(C)cc3)cc2)n1. The van der Waals surface area contributed by atoms with E-state index >= 15 is 0 Å². The molecule has 0 radical (unpaired) electrons. The van der Waals surface area contributed by atoms with E-state index in [1.54, 1.807) is 6.20 Å². The summed E-state index contributed by atoms with van der Waals surface area (Å²) in [5, 5.41) is 2.72. The van der Waals surface area contributed by atoms with Crippen LogP contribution in [0.25, 0.3) is 0 Å². The smallest absolute Gasteiger partial charge is 0.271 e. The quantitative estimate of drug-likeness (QED) is 0.649. The number of aromatic nitrogens is 2. The fourth-order valence-electron chi connectivity index (χ4n) is 3.10. The van der Waals surface area contributed by atoms with E-state index in [1.165, 1.54) is 22.9 Å². The van der Waals surface area contributed by atoms with Crippen LogP contribution in [-0.4, -0.2) is 22.4 Å². The Morgan fingerprint density at radius 2 is 1.62 bits per heavy atom. The molecule has 5 nitrogen and oxygen atoms in total. The summed E-state index contributed by atoms with van der Waals surface area (Å²) >= 11 is 0. The summed E-state index contributed by atoms with van der Waals surface area (Å²) in [5.74, 6) is 0.517. The highest BCUT2D eigenvalue weighted by Crippen LogP contribution is 2.32. The average Bonchev–Trinajstić information content (AvgIpc) is 2.73. The van der Waals surface area contributed by atoms with Gasteiger partial charge < -0.3 is 10.1 Å². The van der Waals surface area contributed by atoms with Gasteiger partial charge in [0.2, 0.25) is 0 Å². The number of benzene rings is 2. The third kappa shape index (κ3) is 4.99. The third-order valence-corrected chi connectivity index (χ3v) is 4.99. The van der Waals surface area contributed by atoms with Crippen LogP contribution in [0.2, 0.25) is 0 Å². The van der Waals surface area contributed by atoms with Crippen molar-refractivity contribution in [1.29, 1.82) is 0 Å². The van der Waals surface area contributed by atoms with Gasteiger partial charge in [-0.1, -0.05) is 55.8 Å². The van der Waals surface area contributed by atoms with E-state index in [1.807, 2.05) is 19.1 Å². The summed E-state index contributed by atoms with van der Waals surface area (Å²) in [6, 6.07) is 16.8. The van der Waals surface area contributed by atoms with E-state index in [2.05, 4.69) is 72.5 Å². The van der Waals surface area contributed by atoms with Crippen molar-refractivity contribution in [3.63, 3.8) is 0 Å². The Morgan fingerprint density at radius 1 is 1.00 bits per heavy atom. The van der Waals surface area contributed by atoms with Crippen molar-refractivity contribution in [3.8, 4) is 5.75 Å². The molecule has 150 valence electrons. The number of ether oxygens (including phenoxy) is 1. The van der Waals surface area contributed by atoms with E-state index in [0.717, 1.165) is 5.75 Å². The van der Waals surface area contributed by atoms with Gasteiger partial charge in [0.25, 0.3) is 5.91 Å². The summed E-state index contributed by atoms with van der Waals surface area (Å²) in [7, 11) is 0. The van der Waals surface area contributed by atoms with E-state index in [9.17, 15) is 4.79 Å². The van der Waals surface area contributed by atoms with Crippen LogP contribution in [-0.2, 0) is 12.0 Å². The Balaban J connectivity index is 1.67. The molecule has 1 amide bonds. The van der Waals surface area contributed by atoms with Crippen LogP contribution in [0.4, 0.5) is 0 Å². The Bertz CT molecular complexity index is 964. The minimum absolute atomic E-state index is 0.0985. The normalized spacial score (nSPS) is 11.2. The molecule has 0 aliphatic carbocycles. The van der Waals surface area contributed by atoms with E-state index in [4.69, 9.17) is 4.74 Å². The first-order valence-electron chi connectivity index (χ1n) is 9.79. The number of rotatable bonds is 7. The Morgan fingerprint density at radius 3 is 2.24 bits per heavy atom. The highest BCUT2D eigenvalue weighted by atomic mass is 16.5. The molecule has 3 rings (SSSR count). The lowest BCUT2D eigenvalue weighted by atomic mass is 9.78. The number of carbonyl (C=O) groups is 1. The minimum Gasteiger partial charge on any atom is -0.487 e. The monoisotopic (exact) mass is 389 g/mol. The molecular formula is C24H27N3O2. The number of aryl methyl sites for hydroxylation is 1. The maximum Gasteiger partial charge on any atom is 0.271 e. The zero-order chi connectivity index (χ0) is 20.9. The second kappa shape index (κ2) is 8.86. The van der Waals surface area contributed by atoms with Gasteiger partial charge in [0.05, 0.1) is 18.1 Å². The fourth-order valence-corrected chi connectivity index (χ4v) is 3.10. The lowest BCUT2D eigenvalue weighted by Gasteiger charge is -2.26. The highest BCUT2D eigenvalue weighted by molar-refractivity contribution is 5.91. The molecule has 3 aromatic rings. The predicted octanol–water partition coefficient (Wildman–Crippen LogP) is 4.44. The maximum atomic E-state index is 11.9. The van der Waals surface area contributed by atoms with Gasteiger partial charge in [-0.05, 0) is 37.1 Å². The molecule has 0 saturated heterocycles. The van der Waals surface area contributed by atoms with E-state index < -0.39 is 0 Å². The zero-order valence-corrected chi connectivity index (χ0v) is 17.4. The first kappa shape index (κ1) is 20.5. The predicted molar refractivity (Wildman–Crippen MR) is 114 cm³/mol. The number of hydrogen-bond acceptors (Lipinski definition) is 4. The number of nitrogens with zero attached hydrogens (tertiary/aromatic N) is 2. The molecule has 0 fully saturated rings. The van der Waals surface area contributed by atoms with Crippen molar-refractivity contribution in [1.82, 2.24) is 15.3 Å². The van der Waals surface area contributed by atoms with Gasteiger partial charge in [0.1, 0.15) is 18.1 Å². The van der Waals surface area contributed by atoms with Crippen LogP contribution in [0, 0.1) is 6.92 Å². The zero-order valence-electron chi connectivity index (χ0n) is 17.4. The minimum atomic E-state index is -0.232. The second-order valence-corrected chi connectivity index (χ2v) is 7.56. The summed E-state index contributed by atoms with van der Waals surface area (Å²) in [6.07, 6.45) is 3.06. The lowest BCUT2D eigenvalue weighted by Crippen LogP contribution is -2.24. The Hall–Kier alpha value is -3.21. The largest absolute Gasteiger partial charge is 0.487 e. The van der Waals surface area contributed by atoms with Gasteiger partial charge in [-0.2, -0.15) is 0 Å². The molecule has 0 saturated carbocycles. The summed E-state index contributed by atoms with van der Waals surface area (Å²) < 4.78 is 5.84. The molecule has 1 aromatic heterocycles. The van der Waals surface area contributed by atoms with Crippen LogP contribution in [0.5, 0.6) is 5.75 Å². The van der Waals surface area contributed by atoms with Crippen molar-refractivity contribution in [2.24, 2.45) is 0 Å². The molecule has 0 aliphatic rings. The molecule has 29 heavy (non-hydrogen) atoms. The van der Waals surface area contributed by atoms with Crippen molar-refractivity contribution in [2.75, 3.05) is 6.54 Å². The average molecular weight is 389 g/mol. The summed E-state index contributed by atoms with van der Waals surface area (Å²) in [6.45, 7) is 9.20. The molecular weight excluding hydrogens is 362 g/mol. The van der Waals surface area contributed by atoms with Crippen LogP contribution in [0.15, 0.2) is 60.9 Å². The lowest BCUT2D eigenvalue weighted by molar-refractivity contribution is 0.0950. The highest BCUT2D eigenvalue weighted by Gasteiger charge is 2.22. The number of nitrogens with one attached hydrogen (secondary N) is 1. The number of amides is 1. The van der Waals surface area contributed by atoms with Crippen LogP contribution >= 0.6 is 0 Å². The number of hydrogen-bond donors (Lipinski definition) is 1. The summed E-state index contributed by atoms with van der Waals surface area (Å²) in [4.78, 5) is 20.3. The van der Waals surface area contributed by atoms with Crippen molar-refractivity contribution in [3.05, 3.63) is 89.0 Å². The van der Waals surface area contributed by atoms with Gasteiger partial charge >= 0.3 is 0 Å². The van der Waals surface area contributed by atoms with Gasteiger partial charge in [-0.25, -0.2) is 4.98 Å². The number of carbonyl (C=O) groups excluding carboxylic acids is 1. The Labute approximate surface area is 172 Å². The first-order valence-corrected chi connectivity index (χ1v) is 9.79. The second-order valence-electron chi connectivity index (χ2n) is 7.56. The molecule has 1 N–H and O–H groups in total. The van der Waals surface area contributed by atoms with Gasteiger partial charge in [0.15, 0.2) is 0 Å². The summed E-state index contributed by atoms with van der Waals surface area (Å²) in [5.41, 5.74) is 4.55. The first-order chi connectivity index (χ1) is 13.9. The van der Waals surface area contributed by atoms with Crippen molar-refractivity contribution < 1.29 is 9.53 Å². The topological polar surface area (TPSA) is 64.1 Å². The van der Waals surface area contributed by atoms with E-state index in [-0.39, 0.29) is 17.9 Å². The molecule has 2 aromatic carbocycles. The van der Waals surface area contributed by atoms with Gasteiger partial charge in [0, 0.05) is 12.0 Å². The molecule has 1 heterocycles. The van der Waals surface area contributed by atoms with Crippen LogP contribution in [0.1, 0.15) is 53.6 Å². The molecule has 0 atom stereocenters. The van der Waals surface area contributed by atoms with Crippen LogP contribution < -0.4 is 10.1 Å². The standard InChI is InChI=1S/C24H27N3O2/c1-5-26-23(28)22-15-25-14-20(27-22)16-29-21-12-10-19(11-13-21)24(3,4)18-8-6-17(2)7-9-18/h6-15H,5,16H2,1-4H3,(H,26,28). The Kier molecular flexibility index (Phi) is 6.27. The van der Waals surface area contributed by atoms with E-state index in [0.29, 0.717) is 17.9 Å². The van der Waals surface area contributed by atoms with Gasteiger partial charge in [-0.3, -0.25) is 9.78 Å². The fraction of sp³-hybridized carbons (Fsp3) is 0.292. The molecule has 0 bridgehead atoms. The molecule has 0 aliphatic heterocycles. The molecule has 0 spiro atoms. The van der Waals surface area contributed by atoms with Crippen molar-refractivity contribution >= 4 is 5.91 Å². The molecule has 0 unspecified atom stereocenters. The van der Waals surface area contributed by atoms with Crippen LogP contribution in [0.3, 0.4) is 0 Å². The third-order valence-electron chi connectivity index (χ3n) is 4.99. The van der Waals surface area contributed by atoms with Crippen molar-refractivity contribution in [2.45, 2.75) is 39.7 Å². The molecule has 5 heteroatoms. The maximum absolute atomic E-state index is 11.9. The van der Waals surface area contributed by atoms with Gasteiger partial charge in [-0.15, -0.1) is 0 Å².